The highest BCUT2D eigenvalue weighted by atomic mass is 31.0. The predicted molar refractivity (Wildman–Crippen MR) is 178 cm³/mol. The zero-order valence-corrected chi connectivity index (χ0v) is 27.9. The van der Waals surface area contributed by atoms with Crippen LogP contribution in [0.2, 0.25) is 0 Å². The van der Waals surface area contributed by atoms with Crippen molar-refractivity contribution in [2.75, 3.05) is 14.2 Å². The molecule has 0 radical (unpaired) electrons. The molecule has 0 amide bonds. The van der Waals surface area contributed by atoms with Crippen molar-refractivity contribution in [2.24, 2.45) is 10.9 Å². The first-order valence-corrected chi connectivity index (χ1v) is 16.0. The van der Waals surface area contributed by atoms with Gasteiger partial charge in [-0.05, 0) is 69.9 Å². The molecule has 6 nitrogen and oxygen atoms in total. The van der Waals surface area contributed by atoms with E-state index in [0.29, 0.717) is 30.1 Å². The number of halogens is 2. The molecule has 0 N–H and O–H groups in total. The molecule has 2 aromatic rings. The van der Waals surface area contributed by atoms with E-state index in [1.807, 2.05) is 62.7 Å². The number of benzene rings is 1. The Balaban J connectivity index is 1.59. The standard InChI is InChI=1S/C35H45F2N4O2P/c1-7-9-19-38-32(28-17-18-28)31(24(4)42-6)33-39-20-29(26-11-10-12-26)34(40-33)43-22-25-13-15-27(16-14-25)30(8-2)41(5)21-23(3)35(36,37)44/h8-9,13-16,19-21,26,28H,7,10-12,17-18,22,44H2,1-6H3/b19-9+,23-21+,30-8-,31-24-,38-32+. The van der Waals surface area contributed by atoms with Gasteiger partial charge in [-0.25, -0.2) is 4.98 Å². The molecule has 1 unspecified atom stereocenters. The summed E-state index contributed by atoms with van der Waals surface area (Å²) in [5.41, 5.74) is 2.56. The first-order chi connectivity index (χ1) is 21.1. The van der Waals surface area contributed by atoms with Crippen LogP contribution in [0, 0.1) is 5.92 Å². The highest BCUT2D eigenvalue weighted by Gasteiger charge is 2.34. The summed E-state index contributed by atoms with van der Waals surface area (Å²) in [4.78, 5) is 16.4. The van der Waals surface area contributed by atoms with Gasteiger partial charge in [0.1, 0.15) is 12.4 Å². The van der Waals surface area contributed by atoms with Crippen molar-refractivity contribution < 1.29 is 18.3 Å². The summed E-state index contributed by atoms with van der Waals surface area (Å²) >= 11 is 0. The van der Waals surface area contributed by atoms with E-state index in [1.54, 1.807) is 28.3 Å². The molecule has 1 aromatic carbocycles. The van der Waals surface area contributed by atoms with Crippen LogP contribution in [0.1, 0.15) is 94.7 Å². The van der Waals surface area contributed by atoms with Crippen molar-refractivity contribution in [2.45, 2.75) is 84.4 Å². The number of rotatable bonds is 14. The average molecular weight is 623 g/mol. The van der Waals surface area contributed by atoms with Gasteiger partial charge in [0.25, 0.3) is 5.66 Å². The number of alkyl halides is 2. The van der Waals surface area contributed by atoms with Crippen LogP contribution in [-0.4, -0.2) is 40.4 Å². The molecule has 1 aromatic heterocycles. The number of hydrogen-bond acceptors (Lipinski definition) is 6. The van der Waals surface area contributed by atoms with Crippen molar-refractivity contribution in [1.82, 2.24) is 14.9 Å². The van der Waals surface area contributed by atoms with Crippen LogP contribution in [0.5, 0.6) is 5.88 Å². The topological polar surface area (TPSA) is 59.8 Å². The van der Waals surface area contributed by atoms with Crippen LogP contribution < -0.4 is 4.74 Å². The van der Waals surface area contributed by atoms with Gasteiger partial charge in [0.05, 0.1) is 18.4 Å². The molecule has 9 heteroatoms. The SMILES string of the molecule is C/C=C(/c1ccc(COc2nc(C(=C(/C)OC)/C(=N/C=C/CC)C3CC3)ncc2C2CCC2)cc1)N(C)/C=C(\C)C(F)(F)P. The molecular weight excluding hydrogens is 577 g/mol. The zero-order valence-electron chi connectivity index (χ0n) is 26.7. The van der Waals surface area contributed by atoms with E-state index in [4.69, 9.17) is 24.4 Å². The Bertz CT molecular complexity index is 1450. The Kier molecular flexibility index (Phi) is 11.5. The smallest absolute Gasteiger partial charge is 0.281 e. The summed E-state index contributed by atoms with van der Waals surface area (Å²) in [5, 5.41) is 0. The van der Waals surface area contributed by atoms with Gasteiger partial charge in [0, 0.05) is 48.4 Å². The lowest BCUT2D eigenvalue weighted by Gasteiger charge is -2.27. The van der Waals surface area contributed by atoms with Crippen LogP contribution in [0.3, 0.4) is 0 Å². The summed E-state index contributed by atoms with van der Waals surface area (Å²) in [6.45, 7) is 7.67. The Morgan fingerprint density at radius 3 is 2.41 bits per heavy atom. The quantitative estimate of drug-likeness (QED) is 0.119. The van der Waals surface area contributed by atoms with Crippen molar-refractivity contribution >= 4 is 26.2 Å². The highest BCUT2D eigenvalue weighted by Crippen LogP contribution is 2.42. The number of allylic oxidation sites excluding steroid dienone is 5. The molecule has 2 fully saturated rings. The normalized spacial score (nSPS) is 17.4. The monoisotopic (exact) mass is 622 g/mol. The van der Waals surface area contributed by atoms with E-state index < -0.39 is 5.66 Å². The number of aromatic nitrogens is 2. The van der Waals surface area contributed by atoms with Crippen molar-refractivity contribution in [3.05, 3.63) is 88.9 Å². The molecule has 1 heterocycles. The molecule has 0 saturated heterocycles. The predicted octanol–water partition coefficient (Wildman–Crippen LogP) is 9.14. The number of aliphatic imine (C=N–C) groups is 1. The van der Waals surface area contributed by atoms with E-state index in [1.165, 1.54) is 19.5 Å². The van der Waals surface area contributed by atoms with E-state index >= 15 is 0 Å². The fraction of sp³-hybridized carbons (Fsp3) is 0.457. The van der Waals surface area contributed by atoms with Crippen LogP contribution in [0.4, 0.5) is 8.78 Å². The van der Waals surface area contributed by atoms with Gasteiger partial charge < -0.3 is 14.4 Å². The molecule has 44 heavy (non-hydrogen) atoms. The third kappa shape index (κ3) is 8.41. The summed E-state index contributed by atoms with van der Waals surface area (Å²) in [6.07, 6.45) is 15.7. The molecule has 0 spiro atoms. The highest BCUT2D eigenvalue weighted by molar-refractivity contribution is 7.18. The second-order valence-electron chi connectivity index (χ2n) is 11.5. The van der Waals surface area contributed by atoms with Crippen molar-refractivity contribution in [3.63, 3.8) is 0 Å². The van der Waals surface area contributed by atoms with E-state index in [-0.39, 0.29) is 5.57 Å². The first kappa shape index (κ1) is 33.5. The number of hydrogen-bond donors (Lipinski definition) is 0. The number of ether oxygens (including phenoxy) is 2. The lowest BCUT2D eigenvalue weighted by Crippen LogP contribution is -2.16. The van der Waals surface area contributed by atoms with Crippen LogP contribution in [0.15, 0.2) is 71.3 Å². The van der Waals surface area contributed by atoms with Gasteiger partial charge in [-0.1, -0.05) is 59.0 Å². The summed E-state index contributed by atoms with van der Waals surface area (Å²) in [7, 11) is 5.02. The Morgan fingerprint density at radius 2 is 1.86 bits per heavy atom. The zero-order chi connectivity index (χ0) is 31.9. The van der Waals surface area contributed by atoms with Gasteiger partial charge in [-0.15, -0.1) is 0 Å². The Labute approximate surface area is 263 Å². The van der Waals surface area contributed by atoms with Crippen LogP contribution >= 0.6 is 9.24 Å². The van der Waals surface area contributed by atoms with Crippen LogP contribution in [0.25, 0.3) is 11.3 Å². The third-order valence-electron chi connectivity index (χ3n) is 8.17. The van der Waals surface area contributed by atoms with E-state index in [0.717, 1.165) is 71.5 Å². The number of nitrogens with zero attached hydrogens (tertiary/aromatic N) is 4. The largest absolute Gasteiger partial charge is 0.501 e. The maximum atomic E-state index is 13.7. The Hall–Kier alpha value is -3.38. The number of methoxy groups -OCH3 is 1. The molecule has 2 aliphatic carbocycles. The molecule has 0 aliphatic heterocycles. The van der Waals surface area contributed by atoms with Gasteiger partial charge in [0.15, 0.2) is 5.82 Å². The summed E-state index contributed by atoms with van der Waals surface area (Å²) in [6, 6.07) is 7.96. The fourth-order valence-corrected chi connectivity index (χ4v) is 5.15. The first-order valence-electron chi connectivity index (χ1n) is 15.4. The van der Waals surface area contributed by atoms with E-state index in [2.05, 4.69) is 6.92 Å². The van der Waals surface area contributed by atoms with Crippen molar-refractivity contribution in [3.8, 4) is 5.88 Å². The van der Waals surface area contributed by atoms with Gasteiger partial charge in [0.2, 0.25) is 5.88 Å². The molecule has 4 rings (SSSR count). The minimum absolute atomic E-state index is 0.0347. The van der Waals surface area contributed by atoms with Crippen LogP contribution in [-0.2, 0) is 11.3 Å². The lowest BCUT2D eigenvalue weighted by molar-refractivity contribution is 0.145. The maximum Gasteiger partial charge on any atom is 0.281 e. The molecule has 1 atom stereocenters. The maximum absolute atomic E-state index is 13.7. The molecule has 0 bridgehead atoms. The van der Waals surface area contributed by atoms with Gasteiger partial charge in [-0.2, -0.15) is 13.8 Å². The minimum Gasteiger partial charge on any atom is -0.501 e. The second kappa shape index (κ2) is 15.1. The summed E-state index contributed by atoms with van der Waals surface area (Å²) < 4.78 is 39.5. The van der Waals surface area contributed by atoms with Gasteiger partial charge in [-0.3, -0.25) is 4.99 Å². The average Bonchev–Trinajstić information content (AvgIpc) is 3.81. The van der Waals surface area contributed by atoms with Crippen molar-refractivity contribution in [1.29, 1.82) is 0 Å². The molecule has 2 saturated carbocycles. The second-order valence-corrected chi connectivity index (χ2v) is 12.2. The van der Waals surface area contributed by atoms with Gasteiger partial charge >= 0.3 is 0 Å². The lowest BCUT2D eigenvalue weighted by atomic mass is 9.81. The summed E-state index contributed by atoms with van der Waals surface area (Å²) in [5.74, 6) is 2.65. The van der Waals surface area contributed by atoms with E-state index in [9.17, 15) is 8.78 Å². The molecule has 236 valence electrons. The molecular formula is C35H45F2N4O2P. The third-order valence-corrected chi connectivity index (χ3v) is 8.63. The minimum atomic E-state index is -2.95. The Morgan fingerprint density at radius 1 is 1.16 bits per heavy atom. The fourth-order valence-electron chi connectivity index (χ4n) is 5.08. The molecule has 2 aliphatic rings.